The number of carbonyl (C=O) groups is 1. The van der Waals surface area contributed by atoms with Gasteiger partial charge in [-0.1, -0.05) is 13.8 Å². The van der Waals surface area contributed by atoms with Crippen LogP contribution in [-0.2, 0) is 0 Å². The first-order chi connectivity index (χ1) is 9.90. The Kier molecular flexibility index (Phi) is 6.14. The van der Waals surface area contributed by atoms with Crippen molar-refractivity contribution in [3.8, 4) is 0 Å². The molecule has 0 atom stereocenters. The first-order valence-corrected chi connectivity index (χ1v) is 7.22. The van der Waals surface area contributed by atoms with Gasteiger partial charge in [-0.15, -0.1) is 0 Å². The molecular weight excluding hydrogens is 270 g/mol. The number of nitrogens with one attached hydrogen (secondary N) is 1. The molecule has 0 bridgehead atoms. The summed E-state index contributed by atoms with van der Waals surface area (Å²) in [4.78, 5) is 24.8. The van der Waals surface area contributed by atoms with E-state index >= 15 is 0 Å². The fourth-order valence-corrected chi connectivity index (χ4v) is 2.13. The minimum Gasteiger partial charge on any atom is -0.385 e. The highest BCUT2D eigenvalue weighted by molar-refractivity contribution is 6.00. The molecule has 1 aromatic rings. The predicted octanol–water partition coefficient (Wildman–Crippen LogP) is 3.14. The summed E-state index contributed by atoms with van der Waals surface area (Å²) in [6, 6.07) is 4.36. The Morgan fingerprint density at radius 1 is 1.38 bits per heavy atom. The second-order valence-corrected chi connectivity index (χ2v) is 5.25. The van der Waals surface area contributed by atoms with Crippen LogP contribution in [0.25, 0.3) is 0 Å². The Bertz CT molecular complexity index is 515. The molecule has 6 heteroatoms. The van der Waals surface area contributed by atoms with Gasteiger partial charge in [0.25, 0.3) is 11.6 Å². The third-order valence-corrected chi connectivity index (χ3v) is 3.07. The molecule has 0 spiro atoms. The van der Waals surface area contributed by atoms with E-state index in [0.717, 1.165) is 0 Å². The number of hydrogen-bond donors (Lipinski definition) is 1. The van der Waals surface area contributed by atoms with Crippen molar-refractivity contribution >= 4 is 17.3 Å². The van der Waals surface area contributed by atoms with Gasteiger partial charge in [-0.05, 0) is 25.8 Å². The lowest BCUT2D eigenvalue weighted by molar-refractivity contribution is -0.384. The highest BCUT2D eigenvalue weighted by Gasteiger charge is 2.21. The summed E-state index contributed by atoms with van der Waals surface area (Å²) in [5, 5.41) is 14.0. The standard InChI is InChI=1S/C15H23N3O3/c1-5-16-14-8-7-12(18(20)21)9-13(14)15(19)17(6-2)10-11(3)4/h7-9,11,16H,5-6,10H2,1-4H3. The van der Waals surface area contributed by atoms with Crippen molar-refractivity contribution in [1.29, 1.82) is 0 Å². The van der Waals surface area contributed by atoms with Crippen LogP contribution >= 0.6 is 0 Å². The van der Waals surface area contributed by atoms with Crippen molar-refractivity contribution in [2.75, 3.05) is 25.0 Å². The number of anilines is 1. The maximum absolute atomic E-state index is 12.6. The lowest BCUT2D eigenvalue weighted by Gasteiger charge is -2.24. The van der Waals surface area contributed by atoms with Crippen LogP contribution in [0.2, 0.25) is 0 Å². The molecule has 0 radical (unpaired) electrons. The van der Waals surface area contributed by atoms with Crippen LogP contribution in [0.4, 0.5) is 11.4 Å². The molecule has 0 aliphatic heterocycles. The largest absolute Gasteiger partial charge is 0.385 e. The average molecular weight is 293 g/mol. The van der Waals surface area contributed by atoms with Gasteiger partial charge in [0.2, 0.25) is 0 Å². The lowest BCUT2D eigenvalue weighted by atomic mass is 10.1. The molecule has 116 valence electrons. The topological polar surface area (TPSA) is 75.5 Å². The minimum absolute atomic E-state index is 0.0689. The number of nitro benzene ring substituents is 1. The third kappa shape index (κ3) is 4.44. The van der Waals surface area contributed by atoms with Gasteiger partial charge in [0.15, 0.2) is 0 Å². The number of nitro groups is 1. The molecule has 1 amide bonds. The molecule has 21 heavy (non-hydrogen) atoms. The molecule has 6 nitrogen and oxygen atoms in total. The van der Waals surface area contributed by atoms with Crippen molar-refractivity contribution in [2.45, 2.75) is 27.7 Å². The lowest BCUT2D eigenvalue weighted by Crippen LogP contribution is -2.34. The number of hydrogen-bond acceptors (Lipinski definition) is 4. The van der Waals surface area contributed by atoms with Gasteiger partial charge < -0.3 is 10.2 Å². The van der Waals surface area contributed by atoms with E-state index in [1.54, 1.807) is 11.0 Å². The van der Waals surface area contributed by atoms with E-state index in [2.05, 4.69) is 5.32 Å². The highest BCUT2D eigenvalue weighted by Crippen LogP contribution is 2.24. The highest BCUT2D eigenvalue weighted by atomic mass is 16.6. The number of nitrogens with zero attached hydrogens (tertiary/aromatic N) is 2. The van der Waals surface area contributed by atoms with Crippen molar-refractivity contribution in [2.24, 2.45) is 5.92 Å². The molecular formula is C15H23N3O3. The zero-order valence-corrected chi connectivity index (χ0v) is 13.0. The van der Waals surface area contributed by atoms with E-state index in [0.29, 0.717) is 36.8 Å². The van der Waals surface area contributed by atoms with Gasteiger partial charge in [0, 0.05) is 37.5 Å². The second-order valence-electron chi connectivity index (χ2n) is 5.25. The molecule has 0 unspecified atom stereocenters. The molecule has 1 N–H and O–H groups in total. The maximum Gasteiger partial charge on any atom is 0.270 e. The van der Waals surface area contributed by atoms with Crippen LogP contribution in [-0.4, -0.2) is 35.4 Å². The molecule has 0 aromatic heterocycles. The van der Waals surface area contributed by atoms with E-state index in [9.17, 15) is 14.9 Å². The fourth-order valence-electron chi connectivity index (χ4n) is 2.13. The summed E-state index contributed by atoms with van der Waals surface area (Å²) in [6.45, 7) is 9.75. The number of amides is 1. The maximum atomic E-state index is 12.6. The van der Waals surface area contributed by atoms with Crippen LogP contribution in [0.15, 0.2) is 18.2 Å². The van der Waals surface area contributed by atoms with Gasteiger partial charge in [-0.3, -0.25) is 14.9 Å². The van der Waals surface area contributed by atoms with E-state index in [-0.39, 0.29) is 11.6 Å². The average Bonchev–Trinajstić information content (AvgIpc) is 2.44. The Hall–Kier alpha value is -2.11. The van der Waals surface area contributed by atoms with E-state index in [1.165, 1.54) is 12.1 Å². The van der Waals surface area contributed by atoms with Crippen LogP contribution in [0.1, 0.15) is 38.1 Å². The molecule has 1 rings (SSSR count). The Labute approximate surface area is 125 Å². The monoisotopic (exact) mass is 293 g/mol. The van der Waals surface area contributed by atoms with Gasteiger partial charge in [0.1, 0.15) is 0 Å². The SMILES string of the molecule is CCNc1ccc([N+](=O)[O-])cc1C(=O)N(CC)CC(C)C. The third-order valence-electron chi connectivity index (χ3n) is 3.07. The van der Waals surface area contributed by atoms with Gasteiger partial charge in [0.05, 0.1) is 10.5 Å². The van der Waals surface area contributed by atoms with Crippen LogP contribution < -0.4 is 5.32 Å². The van der Waals surface area contributed by atoms with E-state index in [4.69, 9.17) is 0 Å². The Morgan fingerprint density at radius 2 is 2.05 bits per heavy atom. The zero-order valence-electron chi connectivity index (χ0n) is 13.0. The molecule has 0 aliphatic carbocycles. The van der Waals surface area contributed by atoms with Crippen LogP contribution in [0.5, 0.6) is 0 Å². The number of rotatable bonds is 7. The van der Waals surface area contributed by atoms with E-state index in [1.807, 2.05) is 27.7 Å². The first kappa shape index (κ1) is 16.9. The summed E-state index contributed by atoms with van der Waals surface area (Å²) in [5.41, 5.74) is 0.921. The first-order valence-electron chi connectivity index (χ1n) is 7.22. The second kappa shape index (κ2) is 7.61. The molecule has 0 saturated heterocycles. The summed E-state index contributed by atoms with van der Waals surface area (Å²) in [5.74, 6) is 0.168. The smallest absolute Gasteiger partial charge is 0.270 e. The van der Waals surface area contributed by atoms with Crippen LogP contribution in [0.3, 0.4) is 0 Å². The zero-order chi connectivity index (χ0) is 16.0. The normalized spacial score (nSPS) is 10.5. The Morgan fingerprint density at radius 3 is 2.52 bits per heavy atom. The van der Waals surface area contributed by atoms with Gasteiger partial charge in [-0.2, -0.15) is 0 Å². The van der Waals surface area contributed by atoms with Crippen molar-refractivity contribution < 1.29 is 9.72 Å². The Balaban J connectivity index is 3.19. The fraction of sp³-hybridized carbons (Fsp3) is 0.533. The summed E-state index contributed by atoms with van der Waals surface area (Å²) < 4.78 is 0. The summed E-state index contributed by atoms with van der Waals surface area (Å²) >= 11 is 0. The van der Waals surface area contributed by atoms with Gasteiger partial charge in [-0.25, -0.2) is 0 Å². The predicted molar refractivity (Wildman–Crippen MR) is 83.7 cm³/mol. The number of carbonyl (C=O) groups excluding carboxylic acids is 1. The van der Waals surface area contributed by atoms with Crippen LogP contribution in [0, 0.1) is 16.0 Å². The van der Waals surface area contributed by atoms with Crippen molar-refractivity contribution in [1.82, 2.24) is 4.90 Å². The number of benzene rings is 1. The molecule has 0 fully saturated rings. The van der Waals surface area contributed by atoms with E-state index < -0.39 is 4.92 Å². The number of non-ortho nitro benzene ring substituents is 1. The molecule has 1 aromatic carbocycles. The minimum atomic E-state index is -0.481. The van der Waals surface area contributed by atoms with Crippen molar-refractivity contribution in [3.63, 3.8) is 0 Å². The molecule has 0 heterocycles. The quantitative estimate of drug-likeness (QED) is 0.619. The molecule has 0 saturated carbocycles. The van der Waals surface area contributed by atoms with Crippen molar-refractivity contribution in [3.05, 3.63) is 33.9 Å². The summed E-state index contributed by atoms with van der Waals surface area (Å²) in [7, 11) is 0. The van der Waals surface area contributed by atoms with Gasteiger partial charge >= 0.3 is 0 Å². The molecule has 0 aliphatic rings. The summed E-state index contributed by atoms with van der Waals surface area (Å²) in [6.07, 6.45) is 0.